The van der Waals surface area contributed by atoms with Crippen molar-refractivity contribution in [2.75, 3.05) is 7.11 Å². The van der Waals surface area contributed by atoms with Crippen LogP contribution < -0.4 is 0 Å². The zero-order valence-corrected chi connectivity index (χ0v) is 11.6. The number of hydrogen-bond acceptors (Lipinski definition) is 3. The van der Waals surface area contributed by atoms with Gasteiger partial charge in [-0.1, -0.05) is 0 Å². The second kappa shape index (κ2) is 12.1. The molecule has 81 valence electrons. The van der Waals surface area contributed by atoms with Gasteiger partial charge in [-0.25, -0.2) is 0 Å². The molecule has 0 bridgehead atoms. The number of ether oxygens (including phenoxy) is 1. The zero-order valence-electron chi connectivity index (χ0n) is 8.81. The molecular weight excluding hydrogens is 260 g/mol. The Morgan fingerprint density at radius 1 is 1.43 bits per heavy atom. The van der Waals surface area contributed by atoms with E-state index >= 15 is 0 Å². The van der Waals surface area contributed by atoms with E-state index < -0.39 is 0 Å². The van der Waals surface area contributed by atoms with E-state index in [9.17, 15) is 0 Å². The minimum absolute atomic E-state index is 0. The van der Waals surface area contributed by atoms with Crippen LogP contribution in [0.4, 0.5) is 0 Å². The predicted octanol–water partition coefficient (Wildman–Crippen LogP) is -0.788. The molecule has 6 heteroatoms. The molecule has 1 heterocycles. The van der Waals surface area contributed by atoms with Crippen LogP contribution in [0.15, 0.2) is 0 Å². The number of aliphatic hydroxyl groups excluding tert-OH is 2. The third kappa shape index (κ3) is 9.56. The molecule has 4 nitrogen and oxygen atoms in total. The van der Waals surface area contributed by atoms with E-state index in [4.69, 9.17) is 22.8 Å². The average Bonchev–Trinajstić information content (AvgIpc) is 2.39. The summed E-state index contributed by atoms with van der Waals surface area (Å²) in [6.07, 6.45) is 2.56. The molecule has 0 aromatic rings. The number of aliphatic hydroxyl groups is 2. The van der Waals surface area contributed by atoms with E-state index in [1.165, 1.54) is 0 Å². The van der Waals surface area contributed by atoms with Crippen LogP contribution in [0.5, 0.6) is 0 Å². The van der Waals surface area contributed by atoms with Crippen LogP contribution in [0.1, 0.15) is 26.2 Å². The van der Waals surface area contributed by atoms with Gasteiger partial charge >= 0.3 is 0 Å². The van der Waals surface area contributed by atoms with Crippen molar-refractivity contribution in [3.8, 4) is 0 Å². The first-order valence-electron chi connectivity index (χ1n) is 4.22. The minimum atomic E-state index is -0.268. The Morgan fingerprint density at radius 3 is 2.21 bits per heavy atom. The van der Waals surface area contributed by atoms with Crippen molar-refractivity contribution in [2.24, 2.45) is 0 Å². The van der Waals surface area contributed by atoms with Crippen molar-refractivity contribution in [3.63, 3.8) is 0 Å². The predicted molar refractivity (Wildman–Crippen MR) is 51.7 cm³/mol. The summed E-state index contributed by atoms with van der Waals surface area (Å²) >= 11 is 0. The van der Waals surface area contributed by atoms with Crippen LogP contribution in [0, 0.1) is 0 Å². The van der Waals surface area contributed by atoms with E-state index in [1.807, 2.05) is 0 Å². The van der Waals surface area contributed by atoms with Crippen LogP contribution >= 0.6 is 0 Å². The molecule has 1 rings (SSSR count). The van der Waals surface area contributed by atoms with Gasteiger partial charge in [-0.15, -0.1) is 0 Å². The van der Waals surface area contributed by atoms with Gasteiger partial charge in [-0.2, -0.15) is 0 Å². The van der Waals surface area contributed by atoms with Crippen LogP contribution in [-0.4, -0.2) is 48.9 Å². The van der Waals surface area contributed by atoms with Crippen molar-refractivity contribution >= 4 is 7.85 Å². The fraction of sp³-hybridized carbons (Fsp3) is 1.00. The fourth-order valence-electron chi connectivity index (χ4n) is 1.29. The molecule has 0 saturated carbocycles. The molecule has 4 N–H and O–H groups in total. The minimum Gasteiger partial charge on any atom is -0.412 e. The quantitative estimate of drug-likeness (QED) is 0.650. The van der Waals surface area contributed by atoms with Crippen LogP contribution in [0.25, 0.3) is 0 Å². The normalized spacial score (nSPS) is 26.3. The van der Waals surface area contributed by atoms with Crippen molar-refractivity contribution in [1.29, 1.82) is 0 Å². The number of rotatable bonds is 2. The van der Waals surface area contributed by atoms with E-state index in [0.29, 0.717) is 6.42 Å². The standard InChI is InChI=1S/C7H13BO2.CH4O.H2O.Y/c1-5(9)4-6-2-3-7(8)10-6;1-2;;/h5-7,9H,2-4H2,1H3;2H,1H3;1H2;. The second-order valence-electron chi connectivity index (χ2n) is 2.96. The van der Waals surface area contributed by atoms with Gasteiger partial charge in [0.1, 0.15) is 7.85 Å². The van der Waals surface area contributed by atoms with Crippen molar-refractivity contribution in [1.82, 2.24) is 0 Å². The third-order valence-corrected chi connectivity index (χ3v) is 1.74. The van der Waals surface area contributed by atoms with Gasteiger partial charge in [-0.05, 0) is 26.2 Å². The summed E-state index contributed by atoms with van der Waals surface area (Å²) in [5, 5.41) is 16.0. The Kier molecular flexibility index (Phi) is 17.6. The summed E-state index contributed by atoms with van der Waals surface area (Å²) in [5.41, 5.74) is 0. The summed E-state index contributed by atoms with van der Waals surface area (Å²) < 4.78 is 5.29. The Labute approximate surface area is 112 Å². The molecule has 0 aromatic heterocycles. The summed E-state index contributed by atoms with van der Waals surface area (Å²) in [5.74, 6) is 0. The third-order valence-electron chi connectivity index (χ3n) is 1.74. The summed E-state index contributed by atoms with van der Waals surface area (Å²) in [6, 6.07) is -0.0938. The SMILES string of the molecule is CO.O.[B]C1CCC(CC(C)O)O1.[Y]. The van der Waals surface area contributed by atoms with Gasteiger partial charge in [0.2, 0.25) is 0 Å². The van der Waals surface area contributed by atoms with Gasteiger partial charge in [0.05, 0.1) is 12.2 Å². The van der Waals surface area contributed by atoms with Crippen LogP contribution in [-0.2, 0) is 37.4 Å². The smallest absolute Gasteiger partial charge is 0.109 e. The van der Waals surface area contributed by atoms with E-state index in [0.717, 1.165) is 20.0 Å². The molecule has 3 unspecified atom stereocenters. The number of hydrogen-bond donors (Lipinski definition) is 2. The molecule has 14 heavy (non-hydrogen) atoms. The largest absolute Gasteiger partial charge is 0.412 e. The van der Waals surface area contributed by atoms with Crippen LogP contribution in [0.2, 0.25) is 0 Å². The topological polar surface area (TPSA) is 81.2 Å². The Morgan fingerprint density at radius 2 is 1.93 bits per heavy atom. The molecule has 1 saturated heterocycles. The maximum absolute atomic E-state index is 8.98. The molecule has 0 aromatic carbocycles. The monoisotopic (exact) mass is 279 g/mol. The van der Waals surface area contributed by atoms with Crippen molar-refractivity contribution in [2.45, 2.75) is 44.4 Å². The first-order chi connectivity index (χ1) is 5.68. The van der Waals surface area contributed by atoms with E-state index in [1.54, 1.807) is 6.92 Å². The molecule has 1 aliphatic heterocycles. The Balaban J connectivity index is -0.000000284. The molecule has 0 aliphatic carbocycles. The molecule has 0 spiro atoms. The maximum Gasteiger partial charge on any atom is 0.109 e. The van der Waals surface area contributed by atoms with E-state index in [-0.39, 0.29) is 56.4 Å². The second-order valence-corrected chi connectivity index (χ2v) is 2.96. The summed E-state index contributed by atoms with van der Waals surface area (Å²) in [4.78, 5) is 0. The van der Waals surface area contributed by atoms with Gasteiger partial charge in [0.25, 0.3) is 0 Å². The summed E-state index contributed by atoms with van der Waals surface area (Å²) in [7, 11) is 6.50. The molecule has 0 amide bonds. The summed E-state index contributed by atoms with van der Waals surface area (Å²) in [6.45, 7) is 1.77. The molecule has 3 atom stereocenters. The molecule has 3 radical (unpaired) electrons. The molecule has 1 aliphatic rings. The van der Waals surface area contributed by atoms with Gasteiger partial charge in [-0.3, -0.25) is 0 Å². The van der Waals surface area contributed by atoms with Gasteiger partial charge < -0.3 is 20.4 Å². The van der Waals surface area contributed by atoms with E-state index in [2.05, 4.69) is 0 Å². The molecule has 1 fully saturated rings. The van der Waals surface area contributed by atoms with Crippen LogP contribution in [0.3, 0.4) is 0 Å². The Hall–Kier alpha value is 1.01. The Bertz CT molecular complexity index is 116. The van der Waals surface area contributed by atoms with Crippen molar-refractivity contribution < 1.29 is 53.1 Å². The molecular formula is C8H19BO4Y. The zero-order chi connectivity index (χ0) is 9.56. The van der Waals surface area contributed by atoms with Gasteiger partial charge in [0.15, 0.2) is 0 Å². The van der Waals surface area contributed by atoms with Gasteiger partial charge in [0, 0.05) is 45.8 Å². The first-order valence-corrected chi connectivity index (χ1v) is 4.22. The fourth-order valence-corrected chi connectivity index (χ4v) is 1.29. The maximum atomic E-state index is 8.98. The van der Waals surface area contributed by atoms with Crippen molar-refractivity contribution in [3.05, 3.63) is 0 Å². The average molecular weight is 279 g/mol. The first kappa shape index (κ1) is 20.4.